The second kappa shape index (κ2) is 9.87. The van der Waals surface area contributed by atoms with Gasteiger partial charge in [0.05, 0.1) is 23.7 Å². The maximum absolute atomic E-state index is 12.7. The molecule has 5 rings (SSSR count). The molecule has 0 aliphatic heterocycles. The first kappa shape index (κ1) is 23.0. The molecule has 1 saturated carbocycles. The molecule has 0 spiro atoms. The lowest BCUT2D eigenvalue weighted by Crippen LogP contribution is -2.48. The number of carbonyl (C=O) groups is 3. The monoisotopic (exact) mass is 491 g/mol. The predicted molar refractivity (Wildman–Crippen MR) is 130 cm³/mol. The molecule has 1 atom stereocenters. The van der Waals surface area contributed by atoms with Crippen LogP contribution in [0.3, 0.4) is 0 Å². The third-order valence-corrected chi connectivity index (χ3v) is 7.33. The van der Waals surface area contributed by atoms with Crippen LogP contribution in [0.2, 0.25) is 0 Å². The third kappa shape index (κ3) is 5.19. The highest BCUT2D eigenvalue weighted by Crippen LogP contribution is 2.44. The van der Waals surface area contributed by atoms with E-state index in [9.17, 15) is 19.5 Å². The summed E-state index contributed by atoms with van der Waals surface area (Å²) in [6, 6.07) is 14.7. The maximum atomic E-state index is 12.7. The Morgan fingerprint density at radius 3 is 2.34 bits per heavy atom. The molecular weight excluding hydrogens is 466 g/mol. The van der Waals surface area contributed by atoms with Gasteiger partial charge in [0.1, 0.15) is 12.6 Å². The van der Waals surface area contributed by atoms with Gasteiger partial charge in [-0.1, -0.05) is 48.5 Å². The van der Waals surface area contributed by atoms with Crippen LogP contribution in [0.25, 0.3) is 11.1 Å². The van der Waals surface area contributed by atoms with E-state index in [4.69, 9.17) is 4.74 Å². The Hall–Kier alpha value is -3.72. The van der Waals surface area contributed by atoms with E-state index < -0.39 is 30.4 Å². The first-order valence-electron chi connectivity index (χ1n) is 11.5. The molecule has 0 saturated heterocycles. The fraction of sp³-hybridized carbons (Fsp3) is 0.308. The Bertz CT molecular complexity index is 1220. The third-order valence-electron chi connectivity index (χ3n) is 6.27. The minimum atomic E-state index is -1.26. The van der Waals surface area contributed by atoms with Crippen molar-refractivity contribution < 1.29 is 24.2 Å². The minimum absolute atomic E-state index is 0.0735. The second-order valence-electron chi connectivity index (χ2n) is 8.79. The molecule has 1 unspecified atom stereocenters. The first-order valence-corrected chi connectivity index (χ1v) is 12.4. The topological polar surface area (TPSA) is 118 Å². The Morgan fingerprint density at radius 2 is 1.71 bits per heavy atom. The van der Waals surface area contributed by atoms with Gasteiger partial charge in [0, 0.05) is 17.2 Å². The number of aliphatic carboxylic acids is 1. The van der Waals surface area contributed by atoms with E-state index in [1.54, 1.807) is 11.3 Å². The summed E-state index contributed by atoms with van der Waals surface area (Å²) in [5.41, 5.74) is 5.06. The SMILES string of the molecule is O=C(O)CC(NC(=O)OCC1c2ccccc2-c2ccccc21)C(=O)NCc1csc(C2CC2)n1. The van der Waals surface area contributed by atoms with Gasteiger partial charge in [0.2, 0.25) is 5.91 Å². The number of amides is 2. The van der Waals surface area contributed by atoms with Crippen molar-refractivity contribution in [2.75, 3.05) is 6.61 Å². The van der Waals surface area contributed by atoms with Gasteiger partial charge in [-0.3, -0.25) is 9.59 Å². The fourth-order valence-corrected chi connectivity index (χ4v) is 5.38. The van der Waals surface area contributed by atoms with E-state index in [2.05, 4.69) is 15.6 Å². The zero-order valence-corrected chi connectivity index (χ0v) is 19.7. The van der Waals surface area contributed by atoms with Gasteiger partial charge in [-0.05, 0) is 35.1 Å². The minimum Gasteiger partial charge on any atom is -0.481 e. The zero-order valence-electron chi connectivity index (χ0n) is 18.9. The Kier molecular flexibility index (Phi) is 6.50. The normalized spacial score (nSPS) is 15.1. The van der Waals surface area contributed by atoms with E-state index >= 15 is 0 Å². The first-order chi connectivity index (χ1) is 17.0. The van der Waals surface area contributed by atoms with Crippen LogP contribution >= 0.6 is 11.3 Å². The number of nitrogens with zero attached hydrogens (tertiary/aromatic N) is 1. The molecule has 1 fully saturated rings. The van der Waals surface area contributed by atoms with E-state index in [1.165, 1.54) is 0 Å². The molecular formula is C26H25N3O5S. The highest BCUT2D eigenvalue weighted by molar-refractivity contribution is 7.09. The summed E-state index contributed by atoms with van der Waals surface area (Å²) in [5, 5.41) is 17.3. The van der Waals surface area contributed by atoms with E-state index in [1.807, 2.05) is 53.9 Å². The Labute approximate surface area is 206 Å². The fourth-order valence-electron chi connectivity index (χ4n) is 4.39. The summed E-state index contributed by atoms with van der Waals surface area (Å²) in [6.45, 7) is 0.245. The Balaban J connectivity index is 1.19. The number of nitrogens with one attached hydrogen (secondary N) is 2. The van der Waals surface area contributed by atoms with Gasteiger partial charge < -0.3 is 20.5 Å². The van der Waals surface area contributed by atoms with Crippen LogP contribution in [0.1, 0.15) is 52.9 Å². The molecule has 8 nitrogen and oxygen atoms in total. The van der Waals surface area contributed by atoms with Gasteiger partial charge in [-0.2, -0.15) is 0 Å². The highest BCUT2D eigenvalue weighted by atomic mass is 32.1. The second-order valence-corrected chi connectivity index (χ2v) is 9.68. The van der Waals surface area contributed by atoms with Crippen LogP contribution in [-0.4, -0.2) is 40.7 Å². The molecule has 1 aromatic heterocycles. The summed E-state index contributed by atoms with van der Waals surface area (Å²) in [7, 11) is 0. The standard InChI is InChI=1S/C26H25N3O5S/c30-23(31)11-22(24(32)27-12-16-14-35-25(28-16)15-9-10-15)29-26(33)34-13-21-19-7-3-1-5-17(19)18-6-2-4-8-20(18)21/h1-8,14-15,21-22H,9-13H2,(H,27,32)(H,29,33)(H,30,31). The van der Waals surface area contributed by atoms with Crippen LogP contribution in [0.15, 0.2) is 53.9 Å². The number of fused-ring (bicyclic) bond motifs is 3. The number of alkyl carbamates (subject to hydrolysis) is 1. The Morgan fingerprint density at radius 1 is 1.06 bits per heavy atom. The van der Waals surface area contributed by atoms with Crippen molar-refractivity contribution in [3.8, 4) is 11.1 Å². The lowest BCUT2D eigenvalue weighted by Gasteiger charge is -2.18. The van der Waals surface area contributed by atoms with Gasteiger partial charge >= 0.3 is 12.1 Å². The molecule has 3 N–H and O–H groups in total. The average molecular weight is 492 g/mol. The number of rotatable bonds is 9. The summed E-state index contributed by atoms with van der Waals surface area (Å²) in [5.74, 6) is -1.40. The van der Waals surface area contributed by atoms with Crippen molar-refractivity contribution in [3.63, 3.8) is 0 Å². The number of carboxylic acids is 1. The summed E-state index contributed by atoms with van der Waals surface area (Å²) in [4.78, 5) is 41.0. The quantitative estimate of drug-likeness (QED) is 0.416. The smallest absolute Gasteiger partial charge is 0.407 e. The number of benzene rings is 2. The number of aromatic nitrogens is 1. The van der Waals surface area contributed by atoms with Crippen molar-refractivity contribution in [2.45, 2.75) is 43.7 Å². The number of thiazole rings is 1. The van der Waals surface area contributed by atoms with Crippen molar-refractivity contribution in [3.05, 3.63) is 75.7 Å². The number of hydrogen-bond acceptors (Lipinski definition) is 6. The zero-order chi connectivity index (χ0) is 24.4. The molecule has 2 amide bonds. The van der Waals surface area contributed by atoms with Crippen LogP contribution in [0.4, 0.5) is 4.79 Å². The van der Waals surface area contributed by atoms with Crippen molar-refractivity contribution in [2.24, 2.45) is 0 Å². The van der Waals surface area contributed by atoms with E-state index in [0.717, 1.165) is 45.8 Å². The predicted octanol–water partition coefficient (Wildman–Crippen LogP) is 4.02. The molecule has 9 heteroatoms. The molecule has 0 bridgehead atoms. The van der Waals surface area contributed by atoms with Crippen LogP contribution < -0.4 is 10.6 Å². The lowest BCUT2D eigenvalue weighted by atomic mass is 9.98. The molecule has 3 aromatic rings. The van der Waals surface area contributed by atoms with Gasteiger partial charge in [0.15, 0.2) is 0 Å². The molecule has 35 heavy (non-hydrogen) atoms. The molecule has 180 valence electrons. The van der Waals surface area contributed by atoms with Crippen molar-refractivity contribution >= 4 is 29.3 Å². The van der Waals surface area contributed by atoms with E-state index in [0.29, 0.717) is 5.92 Å². The lowest BCUT2D eigenvalue weighted by molar-refractivity contribution is -0.139. The number of carbonyl (C=O) groups excluding carboxylic acids is 2. The largest absolute Gasteiger partial charge is 0.481 e. The molecule has 2 aromatic carbocycles. The van der Waals surface area contributed by atoms with Crippen molar-refractivity contribution in [1.29, 1.82) is 0 Å². The van der Waals surface area contributed by atoms with Gasteiger partial charge in [-0.15, -0.1) is 11.3 Å². The summed E-state index contributed by atoms with van der Waals surface area (Å²) >= 11 is 1.56. The van der Waals surface area contributed by atoms with Crippen LogP contribution in [0, 0.1) is 0 Å². The number of hydrogen-bond donors (Lipinski definition) is 3. The molecule has 0 radical (unpaired) electrons. The number of carboxylic acid groups (broad SMARTS) is 1. The molecule has 2 aliphatic rings. The van der Waals surface area contributed by atoms with Gasteiger partial charge in [-0.25, -0.2) is 9.78 Å². The highest BCUT2D eigenvalue weighted by Gasteiger charge is 2.30. The van der Waals surface area contributed by atoms with E-state index in [-0.39, 0.29) is 19.1 Å². The summed E-state index contributed by atoms with van der Waals surface area (Å²) < 4.78 is 5.47. The van der Waals surface area contributed by atoms with Crippen LogP contribution in [-0.2, 0) is 20.9 Å². The van der Waals surface area contributed by atoms with Crippen molar-refractivity contribution in [1.82, 2.24) is 15.6 Å². The average Bonchev–Trinajstić information content (AvgIpc) is 3.51. The van der Waals surface area contributed by atoms with Gasteiger partial charge in [0.25, 0.3) is 0 Å². The van der Waals surface area contributed by atoms with Crippen LogP contribution in [0.5, 0.6) is 0 Å². The maximum Gasteiger partial charge on any atom is 0.407 e. The summed E-state index contributed by atoms with van der Waals surface area (Å²) in [6.07, 6.45) is 0.895. The molecule has 2 aliphatic carbocycles. The molecule has 1 heterocycles. The number of ether oxygens (including phenoxy) is 1.